The second-order valence-electron chi connectivity index (χ2n) is 8.13. The summed E-state index contributed by atoms with van der Waals surface area (Å²) in [5.41, 5.74) is 2.64. The third kappa shape index (κ3) is 4.96. The van der Waals surface area contributed by atoms with Gasteiger partial charge in [0.25, 0.3) is 0 Å². The molecule has 3 aromatic rings. The van der Waals surface area contributed by atoms with E-state index in [1.807, 2.05) is 37.3 Å². The molecule has 1 aliphatic carbocycles. The molecule has 0 saturated heterocycles. The fraction of sp³-hybridized carbons (Fsp3) is 0.385. The van der Waals surface area contributed by atoms with Crippen molar-refractivity contribution in [3.05, 3.63) is 65.2 Å². The Labute approximate surface area is 188 Å². The molecule has 0 unspecified atom stereocenters. The van der Waals surface area contributed by atoms with Gasteiger partial charge in [0.15, 0.2) is 17.4 Å². The van der Waals surface area contributed by atoms with Gasteiger partial charge < -0.3 is 18.6 Å². The number of carbonyl (C=O) groups is 1. The molecule has 0 radical (unpaired) electrons. The molecule has 0 bridgehead atoms. The zero-order valence-electron chi connectivity index (χ0n) is 18.8. The molecule has 168 valence electrons. The molecule has 0 spiro atoms. The Hall–Kier alpha value is -3.28. The van der Waals surface area contributed by atoms with E-state index in [9.17, 15) is 4.79 Å². The molecule has 32 heavy (non-hydrogen) atoms. The van der Waals surface area contributed by atoms with E-state index >= 15 is 0 Å². The standard InChI is InChI=1S/C26H29NO5/c1-17-25(27-18(2)31-17)21-14-23(29-3)24(30-16-19-10-6-4-7-11-19)15-22(21)26(28)32-20-12-8-5-9-13-20/h4,6-7,10-11,14-15,20H,5,8-9,12-13,16H2,1-3H3. The average Bonchev–Trinajstić information content (AvgIpc) is 3.16. The summed E-state index contributed by atoms with van der Waals surface area (Å²) in [6, 6.07) is 13.3. The summed E-state index contributed by atoms with van der Waals surface area (Å²) in [6.45, 7) is 3.97. The van der Waals surface area contributed by atoms with Gasteiger partial charge in [0.1, 0.15) is 24.2 Å². The molecule has 0 atom stereocenters. The molecule has 2 aromatic carbocycles. The molecule has 4 rings (SSSR count). The average molecular weight is 436 g/mol. The normalized spacial score (nSPS) is 14.2. The molecule has 0 amide bonds. The van der Waals surface area contributed by atoms with E-state index in [-0.39, 0.29) is 12.1 Å². The molecule has 1 saturated carbocycles. The minimum atomic E-state index is -0.376. The number of nitrogens with zero attached hydrogens (tertiary/aromatic N) is 1. The maximum atomic E-state index is 13.3. The molecule has 1 heterocycles. The molecule has 1 fully saturated rings. The SMILES string of the molecule is COc1cc(-c2nc(C)oc2C)c(C(=O)OC2CCCCC2)cc1OCc1ccccc1. The number of benzene rings is 2. The van der Waals surface area contributed by atoms with Crippen molar-refractivity contribution in [2.24, 2.45) is 0 Å². The lowest BCUT2D eigenvalue weighted by molar-refractivity contribution is 0.0211. The highest BCUT2D eigenvalue weighted by Gasteiger charge is 2.26. The highest BCUT2D eigenvalue weighted by atomic mass is 16.5. The van der Waals surface area contributed by atoms with Crippen LogP contribution >= 0.6 is 0 Å². The number of hydrogen-bond acceptors (Lipinski definition) is 6. The maximum Gasteiger partial charge on any atom is 0.339 e. The van der Waals surface area contributed by atoms with Crippen LogP contribution in [0.1, 0.15) is 59.7 Å². The van der Waals surface area contributed by atoms with Crippen LogP contribution in [0.3, 0.4) is 0 Å². The fourth-order valence-electron chi connectivity index (χ4n) is 4.11. The van der Waals surface area contributed by atoms with E-state index in [4.69, 9.17) is 18.6 Å². The summed E-state index contributed by atoms with van der Waals surface area (Å²) < 4.78 is 23.1. The summed E-state index contributed by atoms with van der Waals surface area (Å²) in [5.74, 6) is 1.79. The van der Waals surface area contributed by atoms with Crippen molar-refractivity contribution >= 4 is 5.97 Å². The Balaban J connectivity index is 1.70. The van der Waals surface area contributed by atoms with Crippen LogP contribution in [0.4, 0.5) is 0 Å². The molecular weight excluding hydrogens is 406 g/mol. The Kier molecular flexibility index (Phi) is 6.78. The van der Waals surface area contributed by atoms with Gasteiger partial charge in [-0.25, -0.2) is 9.78 Å². The van der Waals surface area contributed by atoms with Gasteiger partial charge in [-0.15, -0.1) is 0 Å². The van der Waals surface area contributed by atoms with Gasteiger partial charge in [0.05, 0.1) is 12.7 Å². The molecule has 0 N–H and O–H groups in total. The van der Waals surface area contributed by atoms with E-state index in [1.54, 1.807) is 26.2 Å². The smallest absolute Gasteiger partial charge is 0.339 e. The van der Waals surface area contributed by atoms with Crippen LogP contribution in [0.25, 0.3) is 11.3 Å². The van der Waals surface area contributed by atoms with Crippen molar-refractivity contribution in [2.75, 3.05) is 7.11 Å². The first-order valence-corrected chi connectivity index (χ1v) is 11.1. The van der Waals surface area contributed by atoms with Gasteiger partial charge >= 0.3 is 5.97 Å². The van der Waals surface area contributed by atoms with Crippen molar-refractivity contribution in [3.8, 4) is 22.8 Å². The van der Waals surface area contributed by atoms with Crippen LogP contribution in [0, 0.1) is 13.8 Å². The number of rotatable bonds is 7. The van der Waals surface area contributed by atoms with Gasteiger partial charge in [0, 0.05) is 12.5 Å². The van der Waals surface area contributed by atoms with E-state index in [2.05, 4.69) is 4.98 Å². The lowest BCUT2D eigenvalue weighted by Gasteiger charge is -2.23. The summed E-state index contributed by atoms with van der Waals surface area (Å²) >= 11 is 0. The van der Waals surface area contributed by atoms with Gasteiger partial charge in [-0.2, -0.15) is 0 Å². The number of aromatic nitrogens is 1. The predicted octanol–water partition coefficient (Wildman–Crippen LogP) is 6.04. The molecule has 0 aliphatic heterocycles. The summed E-state index contributed by atoms with van der Waals surface area (Å²) in [7, 11) is 1.58. The zero-order valence-corrected chi connectivity index (χ0v) is 18.8. The van der Waals surface area contributed by atoms with E-state index in [1.165, 1.54) is 6.42 Å². The van der Waals surface area contributed by atoms with Crippen LogP contribution < -0.4 is 9.47 Å². The number of carbonyl (C=O) groups excluding carboxylic acids is 1. The Morgan fingerprint density at radius 3 is 2.47 bits per heavy atom. The van der Waals surface area contributed by atoms with Gasteiger partial charge in [-0.3, -0.25) is 0 Å². The summed E-state index contributed by atoms with van der Waals surface area (Å²) in [4.78, 5) is 17.8. The van der Waals surface area contributed by atoms with E-state index < -0.39 is 0 Å². The minimum Gasteiger partial charge on any atom is -0.493 e. The number of hydrogen-bond donors (Lipinski definition) is 0. The number of esters is 1. The summed E-state index contributed by atoms with van der Waals surface area (Å²) in [5, 5.41) is 0. The lowest BCUT2D eigenvalue weighted by Crippen LogP contribution is -2.21. The number of ether oxygens (including phenoxy) is 3. The van der Waals surface area contributed by atoms with Crippen molar-refractivity contribution in [1.82, 2.24) is 4.98 Å². The second-order valence-corrected chi connectivity index (χ2v) is 8.13. The molecule has 6 nitrogen and oxygen atoms in total. The third-order valence-electron chi connectivity index (χ3n) is 5.75. The highest BCUT2D eigenvalue weighted by Crippen LogP contribution is 2.38. The first kappa shape index (κ1) is 21.9. The topological polar surface area (TPSA) is 70.8 Å². The van der Waals surface area contributed by atoms with Crippen molar-refractivity contribution in [1.29, 1.82) is 0 Å². The second kappa shape index (κ2) is 9.90. The number of methoxy groups -OCH3 is 1. The number of oxazole rings is 1. The van der Waals surface area contributed by atoms with Crippen LogP contribution in [0.15, 0.2) is 46.9 Å². The predicted molar refractivity (Wildman–Crippen MR) is 121 cm³/mol. The molecule has 6 heteroatoms. The van der Waals surface area contributed by atoms with Crippen LogP contribution in [-0.4, -0.2) is 24.2 Å². The zero-order chi connectivity index (χ0) is 22.5. The Morgan fingerprint density at radius 1 is 1.06 bits per heavy atom. The lowest BCUT2D eigenvalue weighted by atomic mass is 9.97. The van der Waals surface area contributed by atoms with Crippen molar-refractivity contribution < 1.29 is 23.4 Å². The first-order chi connectivity index (χ1) is 15.5. The molecule has 1 aromatic heterocycles. The molecular formula is C26H29NO5. The van der Waals surface area contributed by atoms with E-state index in [0.717, 1.165) is 31.2 Å². The van der Waals surface area contributed by atoms with Crippen molar-refractivity contribution in [3.63, 3.8) is 0 Å². The van der Waals surface area contributed by atoms with E-state index in [0.29, 0.717) is 46.6 Å². The fourth-order valence-corrected chi connectivity index (χ4v) is 4.11. The van der Waals surface area contributed by atoms with Gasteiger partial charge in [-0.05, 0) is 50.3 Å². The van der Waals surface area contributed by atoms with Crippen LogP contribution in [-0.2, 0) is 11.3 Å². The van der Waals surface area contributed by atoms with Crippen LogP contribution in [0.2, 0.25) is 0 Å². The minimum absolute atomic E-state index is 0.0555. The maximum absolute atomic E-state index is 13.3. The number of aryl methyl sites for hydroxylation is 2. The van der Waals surface area contributed by atoms with Crippen LogP contribution in [0.5, 0.6) is 11.5 Å². The largest absolute Gasteiger partial charge is 0.493 e. The monoisotopic (exact) mass is 435 g/mol. The Morgan fingerprint density at radius 2 is 1.81 bits per heavy atom. The van der Waals surface area contributed by atoms with Crippen molar-refractivity contribution in [2.45, 2.75) is 58.7 Å². The Bertz CT molecular complexity index is 1070. The highest BCUT2D eigenvalue weighted by molar-refractivity contribution is 5.98. The summed E-state index contributed by atoms with van der Waals surface area (Å²) in [6.07, 6.45) is 5.10. The third-order valence-corrected chi connectivity index (χ3v) is 5.75. The van der Waals surface area contributed by atoms with Gasteiger partial charge in [0.2, 0.25) is 0 Å². The first-order valence-electron chi connectivity index (χ1n) is 11.1. The van der Waals surface area contributed by atoms with Gasteiger partial charge in [-0.1, -0.05) is 36.8 Å². The molecule has 1 aliphatic rings. The quantitative estimate of drug-likeness (QED) is 0.422.